The molecule has 0 unspecified atom stereocenters. The van der Waals surface area contributed by atoms with E-state index in [1.54, 1.807) is 6.20 Å². The Hall–Kier alpha value is -3.09. The Morgan fingerprint density at radius 2 is 2.07 bits per heavy atom. The highest BCUT2D eigenvalue weighted by Crippen LogP contribution is 2.29. The highest BCUT2D eigenvalue weighted by atomic mass is 16.4. The fourth-order valence-corrected chi connectivity index (χ4v) is 3.59. The van der Waals surface area contributed by atoms with Crippen LogP contribution in [-0.2, 0) is 6.42 Å². The van der Waals surface area contributed by atoms with Crippen LogP contribution >= 0.6 is 0 Å². The molecule has 1 aromatic carbocycles. The summed E-state index contributed by atoms with van der Waals surface area (Å²) in [4.78, 5) is 24.3. The summed E-state index contributed by atoms with van der Waals surface area (Å²) in [7, 11) is 2.93. The number of oxazole rings is 1. The SMILES string of the molecule is CBc1ccccc1-c1nc(CCC)c(C(=O)Nc2ccc(N(C)C3CC3)nc2)o1. The van der Waals surface area contributed by atoms with E-state index in [0.29, 0.717) is 29.7 Å². The number of pyridine rings is 1. The second-order valence-electron chi connectivity index (χ2n) is 7.76. The maximum Gasteiger partial charge on any atom is 0.293 e. The zero-order chi connectivity index (χ0) is 21.1. The number of amides is 1. The van der Waals surface area contributed by atoms with Gasteiger partial charge in [0.05, 0.1) is 17.6 Å². The predicted molar refractivity (Wildman–Crippen MR) is 122 cm³/mol. The van der Waals surface area contributed by atoms with E-state index in [4.69, 9.17) is 4.42 Å². The third-order valence-corrected chi connectivity index (χ3v) is 5.48. The van der Waals surface area contributed by atoms with Crippen LogP contribution in [0, 0.1) is 0 Å². The standard InChI is InChI=1S/C23H27BN4O2/c1-4-7-19-21(30-23(27-19)17-8-5-6-9-18(17)24-2)22(29)26-15-10-13-20(25-14-15)28(3)16-11-12-16/h5-6,8-10,13-14,16,24H,4,7,11-12H2,1-3H3,(H,26,29). The van der Waals surface area contributed by atoms with E-state index < -0.39 is 0 Å². The number of carbonyl (C=O) groups excluding carboxylic acids is 1. The molecule has 0 bridgehead atoms. The van der Waals surface area contributed by atoms with Crippen LogP contribution in [0.25, 0.3) is 11.5 Å². The van der Waals surface area contributed by atoms with E-state index in [-0.39, 0.29) is 11.7 Å². The Kier molecular flexibility index (Phi) is 5.88. The zero-order valence-electron chi connectivity index (χ0n) is 17.8. The van der Waals surface area contributed by atoms with Crippen LogP contribution in [0.2, 0.25) is 6.82 Å². The first-order chi connectivity index (χ1) is 14.6. The lowest BCUT2D eigenvalue weighted by atomic mass is 9.71. The summed E-state index contributed by atoms with van der Waals surface area (Å²) >= 11 is 0. The topological polar surface area (TPSA) is 71.3 Å². The summed E-state index contributed by atoms with van der Waals surface area (Å²) in [5, 5.41) is 2.91. The van der Waals surface area contributed by atoms with Crippen molar-refractivity contribution in [2.45, 2.75) is 45.5 Å². The smallest absolute Gasteiger partial charge is 0.293 e. The predicted octanol–water partition coefficient (Wildman–Crippen LogP) is 3.65. The second kappa shape index (κ2) is 8.73. The van der Waals surface area contributed by atoms with Gasteiger partial charge in [0, 0.05) is 18.7 Å². The molecule has 0 atom stereocenters. The maximum absolute atomic E-state index is 13.0. The largest absolute Gasteiger partial charge is 0.431 e. The third kappa shape index (κ3) is 4.25. The Morgan fingerprint density at radius 3 is 2.73 bits per heavy atom. The molecule has 154 valence electrons. The van der Waals surface area contributed by atoms with Crippen molar-refractivity contribution in [2.24, 2.45) is 0 Å². The number of nitrogens with one attached hydrogen (secondary N) is 1. The number of benzene rings is 1. The zero-order valence-corrected chi connectivity index (χ0v) is 17.8. The Labute approximate surface area is 178 Å². The van der Waals surface area contributed by atoms with Crippen LogP contribution in [0.5, 0.6) is 0 Å². The number of aromatic nitrogens is 2. The van der Waals surface area contributed by atoms with E-state index in [9.17, 15) is 4.79 Å². The third-order valence-electron chi connectivity index (χ3n) is 5.48. The lowest BCUT2D eigenvalue weighted by Gasteiger charge is -2.17. The molecule has 1 N–H and O–H groups in total. The summed E-state index contributed by atoms with van der Waals surface area (Å²) in [5.74, 6) is 1.40. The first-order valence-corrected chi connectivity index (χ1v) is 10.7. The van der Waals surface area contributed by atoms with Gasteiger partial charge >= 0.3 is 0 Å². The highest BCUT2D eigenvalue weighted by molar-refractivity contribution is 6.54. The molecule has 0 aliphatic heterocycles. The maximum atomic E-state index is 13.0. The van der Waals surface area contributed by atoms with Crippen molar-refractivity contribution in [2.75, 3.05) is 17.3 Å². The molecule has 7 heteroatoms. The molecule has 0 radical (unpaired) electrons. The van der Waals surface area contributed by atoms with Crippen LogP contribution in [-0.4, -0.2) is 36.2 Å². The van der Waals surface area contributed by atoms with Crippen molar-refractivity contribution < 1.29 is 9.21 Å². The van der Waals surface area contributed by atoms with Crippen LogP contribution in [0.15, 0.2) is 47.0 Å². The molecule has 1 fully saturated rings. The van der Waals surface area contributed by atoms with Gasteiger partial charge in [-0.3, -0.25) is 4.79 Å². The summed E-state index contributed by atoms with van der Waals surface area (Å²) in [6.45, 7) is 4.16. The first kappa shape index (κ1) is 20.2. The van der Waals surface area contributed by atoms with E-state index in [2.05, 4.69) is 47.0 Å². The minimum atomic E-state index is -0.295. The van der Waals surface area contributed by atoms with E-state index in [1.807, 2.05) is 30.3 Å². The normalized spacial score (nSPS) is 13.2. The monoisotopic (exact) mass is 402 g/mol. The van der Waals surface area contributed by atoms with E-state index in [1.165, 1.54) is 12.8 Å². The Bertz CT molecular complexity index is 1030. The van der Waals surface area contributed by atoms with Gasteiger partial charge in [-0.25, -0.2) is 9.97 Å². The van der Waals surface area contributed by atoms with Crippen molar-refractivity contribution in [1.82, 2.24) is 9.97 Å². The fraction of sp³-hybridized carbons (Fsp3) is 0.348. The number of hydrogen-bond acceptors (Lipinski definition) is 5. The summed E-state index contributed by atoms with van der Waals surface area (Å²) in [6.07, 6.45) is 5.68. The number of anilines is 2. The molecule has 1 aliphatic rings. The summed E-state index contributed by atoms with van der Waals surface area (Å²) in [6, 6.07) is 12.4. The molecule has 1 saturated carbocycles. The lowest BCUT2D eigenvalue weighted by Crippen LogP contribution is -2.20. The van der Waals surface area contributed by atoms with Gasteiger partial charge in [0.1, 0.15) is 5.82 Å². The van der Waals surface area contributed by atoms with Crippen molar-refractivity contribution in [3.8, 4) is 11.5 Å². The highest BCUT2D eigenvalue weighted by Gasteiger charge is 2.27. The Morgan fingerprint density at radius 1 is 1.27 bits per heavy atom. The number of carbonyl (C=O) groups is 1. The average molecular weight is 402 g/mol. The first-order valence-electron chi connectivity index (χ1n) is 10.7. The molecule has 4 rings (SSSR count). The van der Waals surface area contributed by atoms with Crippen LogP contribution in [0.3, 0.4) is 0 Å². The molecule has 3 aromatic rings. The number of hydrogen-bond donors (Lipinski definition) is 1. The van der Waals surface area contributed by atoms with Gasteiger partial charge in [-0.05, 0) is 31.4 Å². The van der Waals surface area contributed by atoms with Gasteiger partial charge in [-0.1, -0.05) is 49.9 Å². The summed E-state index contributed by atoms with van der Waals surface area (Å²) in [5.41, 5.74) is 3.41. The second-order valence-corrected chi connectivity index (χ2v) is 7.76. The van der Waals surface area contributed by atoms with Crippen LogP contribution in [0.4, 0.5) is 11.5 Å². The molecule has 0 saturated heterocycles. The molecule has 2 heterocycles. The van der Waals surface area contributed by atoms with E-state index in [0.717, 1.165) is 30.5 Å². The summed E-state index contributed by atoms with van der Waals surface area (Å²) < 4.78 is 5.98. The number of rotatable bonds is 8. The molecular weight excluding hydrogens is 375 g/mol. The molecule has 1 aliphatic carbocycles. The molecule has 2 aromatic heterocycles. The van der Waals surface area contributed by atoms with Gasteiger partial charge in [0.25, 0.3) is 5.91 Å². The molecule has 0 spiro atoms. The number of nitrogens with zero attached hydrogens (tertiary/aromatic N) is 3. The van der Waals surface area contributed by atoms with Crippen LogP contribution in [0.1, 0.15) is 42.4 Å². The van der Waals surface area contributed by atoms with Gasteiger partial charge < -0.3 is 14.6 Å². The van der Waals surface area contributed by atoms with Gasteiger partial charge in [-0.15, -0.1) is 0 Å². The molecule has 30 heavy (non-hydrogen) atoms. The quantitative estimate of drug-likeness (QED) is 0.583. The lowest BCUT2D eigenvalue weighted by molar-refractivity contribution is 0.0996. The molecule has 6 nitrogen and oxygen atoms in total. The van der Waals surface area contributed by atoms with E-state index >= 15 is 0 Å². The molecule has 1 amide bonds. The van der Waals surface area contributed by atoms with Crippen molar-refractivity contribution >= 4 is 30.2 Å². The minimum absolute atomic E-state index is 0.275. The van der Waals surface area contributed by atoms with Gasteiger partial charge in [-0.2, -0.15) is 0 Å². The number of aryl methyl sites for hydroxylation is 1. The average Bonchev–Trinajstić information content (AvgIpc) is 3.54. The Balaban J connectivity index is 1.56. The fourth-order valence-electron chi connectivity index (χ4n) is 3.59. The van der Waals surface area contributed by atoms with Gasteiger partial charge in [0.2, 0.25) is 11.7 Å². The van der Waals surface area contributed by atoms with Crippen LogP contribution < -0.4 is 15.7 Å². The van der Waals surface area contributed by atoms with Gasteiger partial charge in [0.15, 0.2) is 7.28 Å². The van der Waals surface area contributed by atoms with Crippen molar-refractivity contribution in [3.63, 3.8) is 0 Å². The molecular formula is C23H27BN4O2. The van der Waals surface area contributed by atoms with Crippen molar-refractivity contribution in [1.29, 1.82) is 0 Å². The van der Waals surface area contributed by atoms with Crippen molar-refractivity contribution in [3.05, 3.63) is 54.0 Å². The minimum Gasteiger partial charge on any atom is -0.431 e.